The lowest BCUT2D eigenvalue weighted by atomic mass is 9.95. The molecule has 3 aromatic carbocycles. The van der Waals surface area contributed by atoms with Gasteiger partial charge in [-0.15, -0.1) is 0 Å². The molecule has 3 heterocycles. The van der Waals surface area contributed by atoms with Gasteiger partial charge in [0.05, 0.1) is 29.0 Å². The Kier molecular flexibility index (Phi) is 6.05. The lowest BCUT2D eigenvalue weighted by Crippen LogP contribution is -2.40. The fourth-order valence-corrected chi connectivity index (χ4v) is 5.66. The Balaban J connectivity index is 1.50. The van der Waals surface area contributed by atoms with Crippen LogP contribution in [0.15, 0.2) is 93.9 Å². The third-order valence-electron chi connectivity index (χ3n) is 6.40. The number of aromatic nitrogens is 1. The molecule has 1 N–H and O–H groups in total. The molecular weight excluding hydrogens is 502 g/mol. The summed E-state index contributed by atoms with van der Waals surface area (Å²) in [5.74, 6) is 1.61. The van der Waals surface area contributed by atoms with Crippen molar-refractivity contribution >= 4 is 29.0 Å². The van der Waals surface area contributed by atoms with Gasteiger partial charge in [0.15, 0.2) is 16.3 Å². The number of amides is 1. The Morgan fingerprint density at radius 1 is 1.08 bits per heavy atom. The lowest BCUT2D eigenvalue weighted by molar-refractivity contribution is -0.113. The summed E-state index contributed by atoms with van der Waals surface area (Å²) in [6, 6.07) is 21.4. The number of hydrogen-bond donors (Lipinski definition) is 1. The Bertz CT molecular complexity index is 1770. The molecular formula is C29H23N3O5S. The van der Waals surface area contributed by atoms with Crippen molar-refractivity contribution < 1.29 is 19.0 Å². The van der Waals surface area contributed by atoms with Crippen molar-refractivity contribution in [3.63, 3.8) is 0 Å². The number of benzene rings is 3. The summed E-state index contributed by atoms with van der Waals surface area (Å²) in [5.41, 5.74) is 2.90. The minimum Gasteiger partial charge on any atom is -0.497 e. The number of rotatable bonds is 5. The number of carbonyl (C=O) groups is 1. The zero-order chi connectivity index (χ0) is 26.2. The van der Waals surface area contributed by atoms with Crippen LogP contribution in [0.3, 0.4) is 0 Å². The van der Waals surface area contributed by atoms with Crippen LogP contribution in [0.25, 0.3) is 6.08 Å². The third-order valence-corrected chi connectivity index (χ3v) is 7.38. The Hall–Kier alpha value is -4.63. The number of ether oxygens (including phenoxy) is 3. The van der Waals surface area contributed by atoms with Crippen molar-refractivity contribution in [1.29, 1.82) is 0 Å². The van der Waals surface area contributed by atoms with Crippen LogP contribution in [0.2, 0.25) is 0 Å². The first-order chi connectivity index (χ1) is 18.5. The summed E-state index contributed by atoms with van der Waals surface area (Å²) < 4.78 is 18.4. The molecule has 4 aromatic rings. The highest BCUT2D eigenvalue weighted by atomic mass is 32.1. The Morgan fingerprint density at radius 3 is 2.71 bits per heavy atom. The lowest BCUT2D eigenvalue weighted by Gasteiger charge is -2.25. The molecule has 38 heavy (non-hydrogen) atoms. The second kappa shape index (κ2) is 9.68. The van der Waals surface area contributed by atoms with Gasteiger partial charge in [-0.2, -0.15) is 0 Å². The number of nitrogens with one attached hydrogen (secondary N) is 1. The van der Waals surface area contributed by atoms with E-state index in [4.69, 9.17) is 19.2 Å². The van der Waals surface area contributed by atoms with Crippen molar-refractivity contribution in [2.24, 2.45) is 4.99 Å². The minimum absolute atomic E-state index is 0.175. The molecule has 2 aliphatic rings. The maximum atomic E-state index is 13.9. The molecule has 8 nitrogen and oxygen atoms in total. The third kappa shape index (κ3) is 4.26. The van der Waals surface area contributed by atoms with E-state index in [1.54, 1.807) is 24.7 Å². The molecule has 9 heteroatoms. The summed E-state index contributed by atoms with van der Waals surface area (Å²) in [5, 5.41) is 2.96. The van der Waals surface area contributed by atoms with Crippen molar-refractivity contribution in [2.75, 3.05) is 19.2 Å². The highest BCUT2D eigenvalue weighted by Gasteiger charge is 2.32. The number of fused-ring (bicyclic) bond motifs is 2. The van der Waals surface area contributed by atoms with Gasteiger partial charge in [0.25, 0.3) is 11.5 Å². The van der Waals surface area contributed by atoms with Gasteiger partial charge < -0.3 is 19.5 Å². The van der Waals surface area contributed by atoms with E-state index < -0.39 is 6.04 Å². The number of hydrogen-bond acceptors (Lipinski definition) is 7. The van der Waals surface area contributed by atoms with Crippen molar-refractivity contribution in [2.45, 2.75) is 13.0 Å². The van der Waals surface area contributed by atoms with E-state index in [1.807, 2.05) is 72.8 Å². The normalized spacial score (nSPS) is 16.2. The van der Waals surface area contributed by atoms with E-state index in [2.05, 4.69) is 5.32 Å². The van der Waals surface area contributed by atoms with Crippen molar-refractivity contribution in [3.05, 3.63) is 115 Å². The zero-order valence-corrected chi connectivity index (χ0v) is 21.5. The van der Waals surface area contributed by atoms with Gasteiger partial charge in [-0.25, -0.2) is 4.99 Å². The summed E-state index contributed by atoms with van der Waals surface area (Å²) >= 11 is 1.28. The van der Waals surface area contributed by atoms with Crippen LogP contribution in [0.1, 0.15) is 24.1 Å². The largest absolute Gasteiger partial charge is 0.497 e. The number of para-hydroxylation sites is 1. The maximum Gasteiger partial charge on any atom is 0.271 e. The SMILES string of the molecule is COc1cccc([C@@H]2C(C(=O)Nc3ccccc3)=C(C)N=c3s/c(=C\c4ccc5c(c4)OCO5)c(=O)n32)c1. The van der Waals surface area contributed by atoms with Gasteiger partial charge in [0, 0.05) is 5.69 Å². The molecule has 1 aromatic heterocycles. The van der Waals surface area contributed by atoms with E-state index in [9.17, 15) is 9.59 Å². The highest BCUT2D eigenvalue weighted by molar-refractivity contribution is 7.07. The van der Waals surface area contributed by atoms with E-state index in [1.165, 1.54) is 11.3 Å². The summed E-state index contributed by atoms with van der Waals surface area (Å²) in [6.07, 6.45) is 1.80. The van der Waals surface area contributed by atoms with Crippen LogP contribution in [-0.4, -0.2) is 24.4 Å². The second-order valence-corrected chi connectivity index (χ2v) is 9.80. The van der Waals surface area contributed by atoms with E-state index >= 15 is 0 Å². The predicted molar refractivity (Wildman–Crippen MR) is 144 cm³/mol. The molecule has 0 unspecified atom stereocenters. The quantitative estimate of drug-likeness (QED) is 0.430. The monoisotopic (exact) mass is 525 g/mol. The number of anilines is 1. The Labute approximate surface area is 221 Å². The average Bonchev–Trinajstić information content (AvgIpc) is 3.52. The minimum atomic E-state index is -0.691. The van der Waals surface area contributed by atoms with Gasteiger partial charge in [-0.3, -0.25) is 14.2 Å². The molecule has 2 aliphatic heterocycles. The first kappa shape index (κ1) is 23.7. The maximum absolute atomic E-state index is 13.9. The topological polar surface area (TPSA) is 91.2 Å². The van der Waals surface area contributed by atoms with Crippen LogP contribution in [-0.2, 0) is 4.79 Å². The smallest absolute Gasteiger partial charge is 0.271 e. The first-order valence-corrected chi connectivity index (χ1v) is 12.8. The number of methoxy groups -OCH3 is 1. The fourth-order valence-electron chi connectivity index (χ4n) is 4.61. The number of thiazole rings is 1. The second-order valence-electron chi connectivity index (χ2n) is 8.79. The van der Waals surface area contributed by atoms with Crippen LogP contribution < -0.4 is 34.4 Å². The summed E-state index contributed by atoms with van der Waals surface area (Å²) in [6.45, 7) is 1.97. The van der Waals surface area contributed by atoms with Gasteiger partial charge in [0.2, 0.25) is 6.79 Å². The van der Waals surface area contributed by atoms with E-state index in [-0.39, 0.29) is 18.3 Å². The van der Waals surface area contributed by atoms with Crippen LogP contribution >= 0.6 is 11.3 Å². The zero-order valence-electron chi connectivity index (χ0n) is 20.6. The molecule has 6 rings (SSSR count). The van der Waals surface area contributed by atoms with E-state index in [0.717, 1.165) is 11.1 Å². The van der Waals surface area contributed by atoms with Gasteiger partial charge in [0.1, 0.15) is 5.75 Å². The molecule has 1 amide bonds. The highest BCUT2D eigenvalue weighted by Crippen LogP contribution is 2.34. The molecule has 0 fully saturated rings. The molecule has 1 atom stereocenters. The molecule has 190 valence electrons. The fraction of sp³-hybridized carbons (Fsp3) is 0.138. The molecule has 0 aliphatic carbocycles. The summed E-state index contributed by atoms with van der Waals surface area (Å²) in [4.78, 5) is 32.7. The van der Waals surface area contributed by atoms with Crippen LogP contribution in [0.5, 0.6) is 17.2 Å². The van der Waals surface area contributed by atoms with Gasteiger partial charge in [-0.05, 0) is 60.5 Å². The van der Waals surface area contributed by atoms with Crippen molar-refractivity contribution in [3.8, 4) is 17.2 Å². The Morgan fingerprint density at radius 2 is 1.89 bits per heavy atom. The van der Waals surface area contributed by atoms with Crippen LogP contribution in [0, 0.1) is 0 Å². The van der Waals surface area contributed by atoms with Crippen LogP contribution in [0.4, 0.5) is 5.69 Å². The van der Waals surface area contributed by atoms with E-state index in [0.29, 0.717) is 43.5 Å². The molecule has 0 bridgehead atoms. The average molecular weight is 526 g/mol. The molecule has 0 radical (unpaired) electrons. The van der Waals surface area contributed by atoms with Crippen molar-refractivity contribution in [1.82, 2.24) is 4.57 Å². The molecule has 0 saturated heterocycles. The van der Waals surface area contributed by atoms with Gasteiger partial charge >= 0.3 is 0 Å². The van der Waals surface area contributed by atoms with Gasteiger partial charge in [-0.1, -0.05) is 47.7 Å². The predicted octanol–water partition coefficient (Wildman–Crippen LogP) is 3.61. The molecule has 0 saturated carbocycles. The standard InChI is InChI=1S/C29H23N3O5S/c1-17-25(27(33)31-20-8-4-3-5-9-20)26(19-7-6-10-21(15-19)35-2)32-28(34)24(38-29(32)30-17)14-18-11-12-22-23(13-18)37-16-36-22/h3-15,26H,16H2,1-2H3,(H,31,33)/b24-14-/t26-/m1/s1. The first-order valence-electron chi connectivity index (χ1n) is 11.9. The summed E-state index contributed by atoms with van der Waals surface area (Å²) in [7, 11) is 1.58. The molecule has 0 spiro atoms. The number of nitrogens with zero attached hydrogens (tertiary/aromatic N) is 2. The number of carbonyl (C=O) groups excluding carboxylic acids is 1. The number of allylic oxidation sites excluding steroid dienone is 1.